The molecule has 124 valence electrons. The summed E-state index contributed by atoms with van der Waals surface area (Å²) in [5, 5.41) is 2.99. The predicted octanol–water partition coefficient (Wildman–Crippen LogP) is 2.39. The van der Waals surface area contributed by atoms with E-state index in [0.29, 0.717) is 4.88 Å². The number of carbonyl (C=O) groups is 2. The Kier molecular flexibility index (Phi) is 7.82. The van der Waals surface area contributed by atoms with Crippen LogP contribution < -0.4 is 11.1 Å². The van der Waals surface area contributed by atoms with Crippen LogP contribution in [0.25, 0.3) is 0 Å². The van der Waals surface area contributed by atoms with Gasteiger partial charge in [0.1, 0.15) is 0 Å². The lowest BCUT2D eigenvalue weighted by Gasteiger charge is -2.27. The van der Waals surface area contributed by atoms with Gasteiger partial charge in [-0.3, -0.25) is 9.59 Å². The van der Waals surface area contributed by atoms with Crippen LogP contribution >= 0.6 is 39.7 Å². The molecule has 1 fully saturated rings. The monoisotopic (exact) mass is 409 g/mol. The van der Waals surface area contributed by atoms with Crippen LogP contribution in [-0.4, -0.2) is 42.4 Å². The molecule has 0 unspecified atom stereocenters. The van der Waals surface area contributed by atoms with Crippen LogP contribution in [-0.2, 0) is 4.79 Å². The van der Waals surface area contributed by atoms with Gasteiger partial charge in [0.05, 0.1) is 15.2 Å². The highest BCUT2D eigenvalue weighted by molar-refractivity contribution is 9.11. The van der Waals surface area contributed by atoms with Gasteiger partial charge in [-0.2, -0.15) is 0 Å². The van der Waals surface area contributed by atoms with E-state index in [9.17, 15) is 9.59 Å². The van der Waals surface area contributed by atoms with Crippen molar-refractivity contribution >= 4 is 51.5 Å². The maximum Gasteiger partial charge on any atom is 0.264 e. The molecular formula is C14H21BrClN3O2S. The fraction of sp³-hybridized carbons (Fsp3) is 0.571. The van der Waals surface area contributed by atoms with E-state index in [4.69, 9.17) is 5.73 Å². The van der Waals surface area contributed by atoms with E-state index in [-0.39, 0.29) is 42.8 Å². The maximum absolute atomic E-state index is 12.1. The average Bonchev–Trinajstić information content (AvgIpc) is 2.87. The summed E-state index contributed by atoms with van der Waals surface area (Å²) >= 11 is 4.70. The minimum atomic E-state index is -0.133. The van der Waals surface area contributed by atoms with E-state index in [1.54, 1.807) is 13.1 Å². The van der Waals surface area contributed by atoms with Crippen LogP contribution in [0.5, 0.6) is 0 Å². The molecule has 0 bridgehead atoms. The lowest BCUT2D eigenvalue weighted by molar-refractivity contribution is -0.122. The van der Waals surface area contributed by atoms with E-state index in [0.717, 1.165) is 29.5 Å². The number of rotatable bonds is 4. The molecule has 1 heterocycles. The quantitative estimate of drug-likeness (QED) is 0.800. The molecule has 0 aliphatic heterocycles. The first-order valence-corrected chi connectivity index (χ1v) is 8.62. The van der Waals surface area contributed by atoms with Crippen molar-refractivity contribution in [2.75, 3.05) is 13.6 Å². The van der Waals surface area contributed by atoms with Crippen molar-refractivity contribution in [2.24, 2.45) is 5.73 Å². The Morgan fingerprint density at radius 3 is 2.55 bits per heavy atom. The average molecular weight is 411 g/mol. The lowest BCUT2D eigenvalue weighted by atomic mass is 9.92. The van der Waals surface area contributed by atoms with Crippen LogP contribution in [0, 0.1) is 0 Å². The van der Waals surface area contributed by atoms with Crippen molar-refractivity contribution in [3.8, 4) is 0 Å². The zero-order valence-corrected chi connectivity index (χ0v) is 15.6. The van der Waals surface area contributed by atoms with Crippen molar-refractivity contribution in [3.05, 3.63) is 20.8 Å². The summed E-state index contributed by atoms with van der Waals surface area (Å²) in [4.78, 5) is 26.2. The van der Waals surface area contributed by atoms with Crippen LogP contribution in [0.4, 0.5) is 0 Å². The van der Waals surface area contributed by atoms with Crippen molar-refractivity contribution < 1.29 is 9.59 Å². The number of amides is 2. The second-order valence-corrected chi connectivity index (χ2v) is 7.91. The standard InChI is InChI=1S/C14H20BrN3O2S.ClH/c1-18(14(20)11-6-7-12(15)21-11)8-13(19)17-10-4-2-9(16)3-5-10;/h6-7,9-10H,2-5,8,16H2,1H3,(H,17,19);1H. The largest absolute Gasteiger partial charge is 0.352 e. The third-order valence-electron chi connectivity index (χ3n) is 3.65. The number of carbonyl (C=O) groups excluding carboxylic acids is 2. The zero-order chi connectivity index (χ0) is 15.4. The van der Waals surface area contributed by atoms with Crippen LogP contribution in [0.2, 0.25) is 0 Å². The second-order valence-electron chi connectivity index (χ2n) is 5.44. The first-order valence-electron chi connectivity index (χ1n) is 7.01. The summed E-state index contributed by atoms with van der Waals surface area (Å²) in [5.41, 5.74) is 5.85. The van der Waals surface area contributed by atoms with Crippen molar-refractivity contribution in [3.63, 3.8) is 0 Å². The Morgan fingerprint density at radius 2 is 2.00 bits per heavy atom. The lowest BCUT2D eigenvalue weighted by Crippen LogP contribution is -2.45. The van der Waals surface area contributed by atoms with Crippen molar-refractivity contribution in [1.82, 2.24) is 10.2 Å². The fourth-order valence-electron chi connectivity index (χ4n) is 2.44. The number of likely N-dealkylation sites (N-methyl/N-ethyl adjacent to an activating group) is 1. The molecular weight excluding hydrogens is 390 g/mol. The van der Waals surface area contributed by atoms with Crippen molar-refractivity contribution in [2.45, 2.75) is 37.8 Å². The van der Waals surface area contributed by atoms with Gasteiger partial charge in [-0.05, 0) is 53.7 Å². The van der Waals surface area contributed by atoms with Gasteiger partial charge >= 0.3 is 0 Å². The number of nitrogens with two attached hydrogens (primary N) is 1. The first-order chi connectivity index (χ1) is 9.95. The molecule has 2 amide bonds. The number of nitrogens with zero attached hydrogens (tertiary/aromatic N) is 1. The van der Waals surface area contributed by atoms with Gasteiger partial charge in [-0.25, -0.2) is 0 Å². The molecule has 1 aliphatic carbocycles. The molecule has 1 aliphatic rings. The summed E-state index contributed by atoms with van der Waals surface area (Å²) in [5.74, 6) is -0.242. The summed E-state index contributed by atoms with van der Waals surface area (Å²) < 4.78 is 0.905. The molecule has 1 aromatic heterocycles. The van der Waals surface area contributed by atoms with E-state index >= 15 is 0 Å². The third kappa shape index (κ3) is 5.53. The highest BCUT2D eigenvalue weighted by Crippen LogP contribution is 2.23. The highest BCUT2D eigenvalue weighted by Gasteiger charge is 2.22. The smallest absolute Gasteiger partial charge is 0.264 e. The number of hydrogen-bond acceptors (Lipinski definition) is 4. The Hall–Kier alpha value is -0.630. The minimum absolute atomic E-state index is 0. The van der Waals surface area contributed by atoms with Gasteiger partial charge in [0, 0.05) is 19.1 Å². The molecule has 1 aromatic rings. The number of halogens is 2. The summed E-state index contributed by atoms with van der Waals surface area (Å²) in [7, 11) is 1.65. The first kappa shape index (κ1) is 19.4. The molecule has 1 saturated carbocycles. The van der Waals surface area contributed by atoms with Gasteiger partial charge in [-0.15, -0.1) is 23.7 Å². The summed E-state index contributed by atoms with van der Waals surface area (Å²) in [6.07, 6.45) is 3.73. The van der Waals surface area contributed by atoms with Gasteiger partial charge in [0.25, 0.3) is 5.91 Å². The molecule has 0 radical (unpaired) electrons. The van der Waals surface area contributed by atoms with Crippen LogP contribution in [0.15, 0.2) is 15.9 Å². The maximum atomic E-state index is 12.1. The molecule has 22 heavy (non-hydrogen) atoms. The summed E-state index contributed by atoms with van der Waals surface area (Å²) in [6.45, 7) is 0.0803. The van der Waals surface area contributed by atoms with E-state index in [1.165, 1.54) is 16.2 Å². The molecule has 0 saturated heterocycles. The Morgan fingerprint density at radius 1 is 1.36 bits per heavy atom. The zero-order valence-electron chi connectivity index (χ0n) is 12.4. The molecule has 5 nitrogen and oxygen atoms in total. The highest BCUT2D eigenvalue weighted by atomic mass is 79.9. The molecule has 8 heteroatoms. The predicted molar refractivity (Wildman–Crippen MR) is 94.6 cm³/mol. The Bertz CT molecular complexity index is 518. The van der Waals surface area contributed by atoms with E-state index in [2.05, 4.69) is 21.2 Å². The molecule has 0 aromatic carbocycles. The van der Waals surface area contributed by atoms with Crippen molar-refractivity contribution in [1.29, 1.82) is 0 Å². The topological polar surface area (TPSA) is 75.4 Å². The van der Waals surface area contributed by atoms with E-state index < -0.39 is 0 Å². The van der Waals surface area contributed by atoms with Crippen LogP contribution in [0.3, 0.4) is 0 Å². The Balaban J connectivity index is 0.00000242. The number of hydrogen-bond donors (Lipinski definition) is 2. The minimum Gasteiger partial charge on any atom is -0.352 e. The molecule has 3 N–H and O–H groups in total. The molecule has 2 rings (SSSR count). The van der Waals surface area contributed by atoms with Gasteiger partial charge < -0.3 is 16.0 Å². The number of nitrogens with one attached hydrogen (secondary N) is 1. The third-order valence-corrected chi connectivity index (χ3v) is 5.26. The van der Waals surface area contributed by atoms with Gasteiger partial charge in [-0.1, -0.05) is 0 Å². The normalized spacial score (nSPS) is 20.9. The number of thiophene rings is 1. The molecule has 0 atom stereocenters. The SMILES string of the molecule is CN(CC(=O)NC1CCC(N)CC1)C(=O)c1ccc(Br)s1.Cl. The van der Waals surface area contributed by atoms with Crippen LogP contribution in [0.1, 0.15) is 35.4 Å². The van der Waals surface area contributed by atoms with Gasteiger partial charge in [0.15, 0.2) is 0 Å². The second kappa shape index (κ2) is 8.86. The Labute approximate surface area is 149 Å². The van der Waals surface area contributed by atoms with E-state index in [1.807, 2.05) is 6.07 Å². The summed E-state index contributed by atoms with van der Waals surface area (Å²) in [6, 6.07) is 4.04. The van der Waals surface area contributed by atoms with Gasteiger partial charge in [0.2, 0.25) is 5.91 Å². The molecule has 0 spiro atoms. The fourth-order valence-corrected chi connectivity index (χ4v) is 3.82.